The Labute approximate surface area is 107 Å². The van der Waals surface area contributed by atoms with Gasteiger partial charge in [-0.15, -0.1) is 5.10 Å². The van der Waals surface area contributed by atoms with E-state index in [0.717, 1.165) is 12.1 Å². The molecule has 0 unspecified atom stereocenters. The lowest BCUT2D eigenvalue weighted by molar-refractivity contribution is 0.0592. The fourth-order valence-corrected chi connectivity index (χ4v) is 1.76. The van der Waals surface area contributed by atoms with Crippen LogP contribution in [0.5, 0.6) is 0 Å². The van der Waals surface area contributed by atoms with Gasteiger partial charge in [-0.3, -0.25) is 0 Å². The summed E-state index contributed by atoms with van der Waals surface area (Å²) in [4.78, 5) is 11.6. The molecular formula is C12H21N3O3. The van der Waals surface area contributed by atoms with Crippen LogP contribution in [-0.4, -0.2) is 41.3 Å². The van der Waals surface area contributed by atoms with Crippen LogP contribution in [-0.2, 0) is 16.0 Å². The van der Waals surface area contributed by atoms with Crippen molar-refractivity contribution in [2.45, 2.75) is 39.7 Å². The van der Waals surface area contributed by atoms with Crippen molar-refractivity contribution in [2.75, 3.05) is 20.3 Å². The second kappa shape index (κ2) is 7.10. The minimum absolute atomic E-state index is 0.168. The first-order chi connectivity index (χ1) is 8.61. The Balaban J connectivity index is 2.79. The molecule has 6 heteroatoms. The smallest absolute Gasteiger partial charge is 0.360 e. The quantitative estimate of drug-likeness (QED) is 0.547. The Morgan fingerprint density at radius 2 is 2.17 bits per heavy atom. The molecule has 0 saturated carbocycles. The van der Waals surface area contributed by atoms with Crippen molar-refractivity contribution < 1.29 is 14.3 Å². The van der Waals surface area contributed by atoms with Gasteiger partial charge in [0.05, 0.1) is 12.8 Å². The van der Waals surface area contributed by atoms with Crippen LogP contribution in [0.1, 0.15) is 49.3 Å². The number of aryl methyl sites for hydroxylation is 1. The van der Waals surface area contributed by atoms with Crippen molar-refractivity contribution in [3.63, 3.8) is 0 Å². The molecule has 0 aliphatic heterocycles. The zero-order valence-corrected chi connectivity index (χ0v) is 11.5. The molecule has 0 amide bonds. The molecule has 0 radical (unpaired) electrons. The van der Waals surface area contributed by atoms with Crippen molar-refractivity contribution >= 4 is 5.97 Å². The molecule has 1 aromatic heterocycles. The molecule has 0 N–H and O–H groups in total. The van der Waals surface area contributed by atoms with E-state index in [1.54, 1.807) is 4.68 Å². The van der Waals surface area contributed by atoms with E-state index >= 15 is 0 Å². The largest absolute Gasteiger partial charge is 0.464 e. The number of carbonyl (C=O) groups excluding carboxylic acids is 1. The van der Waals surface area contributed by atoms with Gasteiger partial charge in [-0.1, -0.05) is 19.1 Å². The van der Waals surface area contributed by atoms with Crippen molar-refractivity contribution in [2.24, 2.45) is 0 Å². The van der Waals surface area contributed by atoms with Gasteiger partial charge < -0.3 is 9.47 Å². The third-order valence-electron chi connectivity index (χ3n) is 2.56. The van der Waals surface area contributed by atoms with Crippen LogP contribution in [0.3, 0.4) is 0 Å². The highest BCUT2D eigenvalue weighted by Gasteiger charge is 2.22. The van der Waals surface area contributed by atoms with E-state index in [-0.39, 0.29) is 5.92 Å². The molecule has 102 valence electrons. The Hall–Kier alpha value is -1.43. The van der Waals surface area contributed by atoms with Gasteiger partial charge in [-0.2, -0.15) is 0 Å². The lowest BCUT2D eigenvalue weighted by Crippen LogP contribution is -2.12. The summed E-state index contributed by atoms with van der Waals surface area (Å²) in [6.07, 6.45) is 0.845. The van der Waals surface area contributed by atoms with Gasteiger partial charge in [-0.05, 0) is 19.3 Å². The van der Waals surface area contributed by atoms with Crippen LogP contribution >= 0.6 is 0 Å². The van der Waals surface area contributed by atoms with Gasteiger partial charge in [0.1, 0.15) is 0 Å². The second-order valence-corrected chi connectivity index (χ2v) is 4.24. The highest BCUT2D eigenvalue weighted by atomic mass is 16.5. The molecule has 6 nitrogen and oxygen atoms in total. The summed E-state index contributed by atoms with van der Waals surface area (Å²) in [7, 11) is 1.35. The maximum Gasteiger partial charge on any atom is 0.360 e. The summed E-state index contributed by atoms with van der Waals surface area (Å²) in [5, 5.41) is 7.92. The van der Waals surface area contributed by atoms with E-state index in [4.69, 9.17) is 9.47 Å². The Morgan fingerprint density at radius 3 is 2.72 bits per heavy atom. The monoisotopic (exact) mass is 255 g/mol. The lowest BCUT2D eigenvalue weighted by atomic mass is 10.1. The van der Waals surface area contributed by atoms with Gasteiger partial charge in [0.25, 0.3) is 0 Å². The number of methoxy groups -OCH3 is 1. The van der Waals surface area contributed by atoms with E-state index in [0.29, 0.717) is 25.5 Å². The number of ether oxygens (including phenoxy) is 2. The number of carbonyl (C=O) groups is 1. The number of rotatable bonds is 7. The van der Waals surface area contributed by atoms with Crippen LogP contribution in [0.25, 0.3) is 0 Å². The molecule has 1 aromatic rings. The minimum Gasteiger partial charge on any atom is -0.464 e. The maximum atomic E-state index is 11.6. The molecule has 0 fully saturated rings. The van der Waals surface area contributed by atoms with E-state index in [1.165, 1.54) is 7.11 Å². The first-order valence-corrected chi connectivity index (χ1v) is 6.21. The number of nitrogens with zero attached hydrogens (tertiary/aromatic N) is 3. The highest BCUT2D eigenvalue weighted by molar-refractivity contribution is 5.88. The second-order valence-electron chi connectivity index (χ2n) is 4.24. The standard InChI is InChI=1S/C12H21N3O3/c1-5-18-8-6-7-15-11(9(2)3)10(13-14-15)12(16)17-4/h9H,5-8H2,1-4H3. The molecule has 0 aliphatic carbocycles. The molecule has 0 saturated heterocycles. The van der Waals surface area contributed by atoms with Gasteiger partial charge in [0.15, 0.2) is 5.69 Å². The molecule has 0 atom stereocenters. The summed E-state index contributed by atoms with van der Waals surface area (Å²) in [5.74, 6) is -0.268. The van der Waals surface area contributed by atoms with E-state index in [9.17, 15) is 4.79 Å². The third kappa shape index (κ3) is 3.53. The summed E-state index contributed by atoms with van der Waals surface area (Å²) >= 11 is 0. The van der Waals surface area contributed by atoms with Crippen LogP contribution in [0, 0.1) is 0 Å². The Bertz CT molecular complexity index is 388. The first-order valence-electron chi connectivity index (χ1n) is 6.21. The summed E-state index contributed by atoms with van der Waals surface area (Å²) in [6, 6.07) is 0. The zero-order chi connectivity index (χ0) is 13.5. The van der Waals surface area contributed by atoms with Crippen LogP contribution in [0.2, 0.25) is 0 Å². The van der Waals surface area contributed by atoms with Gasteiger partial charge >= 0.3 is 5.97 Å². The summed E-state index contributed by atoms with van der Waals surface area (Å²) in [5.41, 5.74) is 1.13. The fourth-order valence-electron chi connectivity index (χ4n) is 1.76. The topological polar surface area (TPSA) is 66.2 Å². The predicted octanol–water partition coefficient (Wildman–Crippen LogP) is 1.61. The van der Waals surface area contributed by atoms with Crippen LogP contribution in [0.15, 0.2) is 0 Å². The lowest BCUT2D eigenvalue weighted by Gasteiger charge is -2.10. The molecular weight excluding hydrogens is 234 g/mol. The minimum atomic E-state index is -0.435. The average Bonchev–Trinajstić information content (AvgIpc) is 2.77. The van der Waals surface area contributed by atoms with Crippen LogP contribution < -0.4 is 0 Å². The SMILES string of the molecule is CCOCCCn1nnc(C(=O)OC)c1C(C)C. The van der Waals surface area contributed by atoms with E-state index in [2.05, 4.69) is 10.3 Å². The molecule has 1 rings (SSSR count). The van der Waals surface area contributed by atoms with Crippen molar-refractivity contribution in [1.29, 1.82) is 0 Å². The van der Waals surface area contributed by atoms with Gasteiger partial charge in [0, 0.05) is 19.8 Å². The summed E-state index contributed by atoms with van der Waals surface area (Å²) in [6.45, 7) is 8.06. The number of hydrogen-bond donors (Lipinski definition) is 0. The molecule has 0 bridgehead atoms. The average molecular weight is 255 g/mol. The van der Waals surface area contributed by atoms with Crippen molar-refractivity contribution in [1.82, 2.24) is 15.0 Å². The van der Waals surface area contributed by atoms with Crippen molar-refractivity contribution in [3.8, 4) is 0 Å². The normalized spacial score (nSPS) is 10.9. The molecule has 0 aliphatic rings. The number of aromatic nitrogens is 3. The summed E-state index contributed by atoms with van der Waals surface area (Å²) < 4.78 is 11.7. The predicted molar refractivity (Wildman–Crippen MR) is 66.6 cm³/mol. The Morgan fingerprint density at radius 1 is 1.44 bits per heavy atom. The Kier molecular flexibility index (Phi) is 5.77. The van der Waals surface area contributed by atoms with Gasteiger partial charge in [-0.25, -0.2) is 9.48 Å². The van der Waals surface area contributed by atoms with Gasteiger partial charge in [0.2, 0.25) is 0 Å². The van der Waals surface area contributed by atoms with Crippen LogP contribution in [0.4, 0.5) is 0 Å². The first kappa shape index (κ1) is 14.6. The highest BCUT2D eigenvalue weighted by Crippen LogP contribution is 2.18. The van der Waals surface area contributed by atoms with E-state index in [1.807, 2.05) is 20.8 Å². The van der Waals surface area contributed by atoms with E-state index < -0.39 is 5.97 Å². The molecule has 18 heavy (non-hydrogen) atoms. The number of hydrogen-bond acceptors (Lipinski definition) is 5. The maximum absolute atomic E-state index is 11.6. The third-order valence-corrected chi connectivity index (χ3v) is 2.56. The number of esters is 1. The van der Waals surface area contributed by atoms with Crippen molar-refractivity contribution in [3.05, 3.63) is 11.4 Å². The molecule has 0 spiro atoms. The molecule has 0 aromatic carbocycles. The zero-order valence-electron chi connectivity index (χ0n) is 11.5. The fraction of sp³-hybridized carbons (Fsp3) is 0.750. The molecule has 1 heterocycles.